The number of ether oxygens (including phenoxy) is 1. The second-order valence-electron chi connectivity index (χ2n) is 7.59. The third-order valence-corrected chi connectivity index (χ3v) is 5.63. The molecule has 0 aliphatic rings. The smallest absolute Gasteiger partial charge is 0.419 e. The van der Waals surface area contributed by atoms with Crippen LogP contribution in [-0.2, 0) is 13.2 Å². The second-order valence-corrected chi connectivity index (χ2v) is 7.59. The number of anilines is 1. The van der Waals surface area contributed by atoms with Crippen LogP contribution in [0.4, 0.5) is 19.0 Å². The maximum atomic E-state index is 13.4. The summed E-state index contributed by atoms with van der Waals surface area (Å²) in [5.74, 6) is -0.350. The third-order valence-electron chi connectivity index (χ3n) is 5.63. The molecule has 0 radical (unpaired) electrons. The Kier molecular flexibility index (Phi) is 4.78. The third kappa shape index (κ3) is 3.24. The van der Waals surface area contributed by atoms with Crippen molar-refractivity contribution in [3.8, 4) is 22.7 Å². The minimum atomic E-state index is -4.64. The Morgan fingerprint density at radius 2 is 1.82 bits per heavy atom. The number of fused-ring (bicyclic) bond motifs is 3. The molecular formula is C23H17F3N6O2. The number of aryl methyl sites for hydroxylation is 1. The summed E-state index contributed by atoms with van der Waals surface area (Å²) in [5, 5.41) is 0.559. The van der Waals surface area contributed by atoms with Gasteiger partial charge in [-0.05, 0) is 35.9 Å². The number of hydrogen-bond donors (Lipinski definition) is 1. The molecule has 5 aromatic rings. The molecule has 4 heterocycles. The molecule has 0 saturated heterocycles. The van der Waals surface area contributed by atoms with Crippen LogP contribution in [0.3, 0.4) is 0 Å². The lowest BCUT2D eigenvalue weighted by atomic mass is 10.0. The van der Waals surface area contributed by atoms with E-state index in [2.05, 4.69) is 15.0 Å². The van der Waals surface area contributed by atoms with Gasteiger partial charge in [-0.2, -0.15) is 13.2 Å². The highest BCUT2D eigenvalue weighted by atomic mass is 19.4. The molecule has 0 aliphatic heterocycles. The zero-order valence-corrected chi connectivity index (χ0v) is 18.0. The van der Waals surface area contributed by atoms with Crippen LogP contribution in [0, 0.1) is 0 Å². The number of imidazole rings is 1. The summed E-state index contributed by atoms with van der Waals surface area (Å²) in [5.41, 5.74) is 6.80. The van der Waals surface area contributed by atoms with Gasteiger partial charge in [-0.1, -0.05) is 6.07 Å². The topological polar surface area (TPSA) is 101 Å². The monoisotopic (exact) mass is 466 g/mol. The van der Waals surface area contributed by atoms with E-state index in [4.69, 9.17) is 10.5 Å². The number of nitrogen functional groups attached to an aromatic ring is 1. The van der Waals surface area contributed by atoms with Gasteiger partial charge in [0.25, 0.3) is 0 Å². The van der Waals surface area contributed by atoms with Crippen molar-refractivity contribution in [2.24, 2.45) is 7.05 Å². The molecule has 0 spiro atoms. The van der Waals surface area contributed by atoms with Crippen molar-refractivity contribution in [1.29, 1.82) is 0 Å². The van der Waals surface area contributed by atoms with Crippen LogP contribution in [0.2, 0.25) is 0 Å². The summed E-state index contributed by atoms with van der Waals surface area (Å²) >= 11 is 0. The van der Waals surface area contributed by atoms with E-state index in [1.54, 1.807) is 49.8 Å². The van der Waals surface area contributed by atoms with Crippen LogP contribution in [-0.4, -0.2) is 31.2 Å². The predicted molar refractivity (Wildman–Crippen MR) is 121 cm³/mol. The number of nitrogens with zero attached hydrogens (tertiary/aromatic N) is 5. The van der Waals surface area contributed by atoms with Gasteiger partial charge in [-0.3, -0.25) is 14.1 Å². The number of aromatic nitrogens is 5. The molecule has 34 heavy (non-hydrogen) atoms. The molecule has 0 bridgehead atoms. The van der Waals surface area contributed by atoms with Crippen molar-refractivity contribution in [2.45, 2.75) is 6.18 Å². The number of alkyl halides is 3. The number of halogens is 3. The molecule has 8 nitrogen and oxygen atoms in total. The number of pyridine rings is 3. The molecule has 4 aromatic heterocycles. The van der Waals surface area contributed by atoms with Gasteiger partial charge in [0, 0.05) is 30.4 Å². The van der Waals surface area contributed by atoms with Gasteiger partial charge in [0.15, 0.2) is 0 Å². The Labute approximate surface area is 190 Å². The first-order valence-corrected chi connectivity index (χ1v) is 10.0. The first kappa shape index (κ1) is 21.4. The van der Waals surface area contributed by atoms with E-state index in [1.165, 1.54) is 22.4 Å². The number of hydrogen-bond acceptors (Lipinski definition) is 6. The maximum Gasteiger partial charge on any atom is 0.419 e. The fourth-order valence-electron chi connectivity index (χ4n) is 3.97. The molecule has 0 amide bonds. The van der Waals surface area contributed by atoms with Gasteiger partial charge in [-0.15, -0.1) is 0 Å². The lowest BCUT2D eigenvalue weighted by Crippen LogP contribution is -2.21. The zero-order chi connectivity index (χ0) is 24.2. The normalized spacial score (nSPS) is 11.9. The fourth-order valence-corrected chi connectivity index (χ4v) is 3.97. The Morgan fingerprint density at radius 1 is 1.03 bits per heavy atom. The fraction of sp³-hybridized carbons (Fsp3) is 0.130. The minimum Gasteiger partial charge on any atom is -0.479 e. The predicted octanol–water partition coefficient (Wildman–Crippen LogP) is 3.94. The molecule has 5 rings (SSSR count). The van der Waals surface area contributed by atoms with Crippen LogP contribution >= 0.6 is 0 Å². The second kappa shape index (κ2) is 7.58. The zero-order valence-electron chi connectivity index (χ0n) is 18.0. The molecule has 0 aliphatic carbocycles. The van der Waals surface area contributed by atoms with Crippen molar-refractivity contribution >= 4 is 27.8 Å². The summed E-state index contributed by atoms with van der Waals surface area (Å²) < 4.78 is 48.4. The average Bonchev–Trinajstić information content (AvgIpc) is 3.08. The van der Waals surface area contributed by atoms with Gasteiger partial charge in [0.1, 0.15) is 11.5 Å². The molecule has 0 atom stereocenters. The van der Waals surface area contributed by atoms with Crippen LogP contribution < -0.4 is 16.2 Å². The lowest BCUT2D eigenvalue weighted by Gasteiger charge is -2.12. The molecule has 2 N–H and O–H groups in total. The highest BCUT2D eigenvalue weighted by Crippen LogP contribution is 2.36. The van der Waals surface area contributed by atoms with Gasteiger partial charge in [0.2, 0.25) is 5.88 Å². The van der Waals surface area contributed by atoms with Gasteiger partial charge < -0.3 is 10.5 Å². The molecule has 172 valence electrons. The van der Waals surface area contributed by atoms with Crippen molar-refractivity contribution in [3.63, 3.8) is 0 Å². The van der Waals surface area contributed by atoms with E-state index < -0.39 is 17.6 Å². The highest BCUT2D eigenvalue weighted by molar-refractivity contribution is 6.04. The van der Waals surface area contributed by atoms with Crippen LogP contribution in [0.5, 0.6) is 5.88 Å². The summed E-state index contributed by atoms with van der Waals surface area (Å²) in [6, 6.07) is 9.33. The minimum absolute atomic E-state index is 0.226. The van der Waals surface area contributed by atoms with Gasteiger partial charge in [0.05, 0.1) is 35.4 Å². The summed E-state index contributed by atoms with van der Waals surface area (Å²) in [6.45, 7) is 0. The van der Waals surface area contributed by atoms with Crippen LogP contribution in [0.25, 0.3) is 38.8 Å². The Hall–Kier alpha value is -4.41. The number of rotatable bonds is 3. The maximum absolute atomic E-state index is 13.4. The van der Waals surface area contributed by atoms with Gasteiger partial charge >= 0.3 is 11.9 Å². The Morgan fingerprint density at radius 3 is 2.56 bits per heavy atom. The Bertz CT molecular complexity index is 1640. The van der Waals surface area contributed by atoms with Crippen molar-refractivity contribution in [3.05, 3.63) is 71.0 Å². The number of benzene rings is 1. The summed E-state index contributed by atoms with van der Waals surface area (Å²) in [6.07, 6.45) is -0.246. The van der Waals surface area contributed by atoms with Crippen LogP contribution in [0.15, 0.2) is 59.8 Å². The standard InChI is InChI=1S/C23H17F3N6O2/c1-31-18-11-29-16-6-5-12(13-9-15(23(24,25)26)20(27)30-10-13)8-14(16)19(18)32(22(31)33)17-4-3-7-28-21(17)34-2/h3-11H,1-2H3,(H2,27,30). The van der Waals surface area contributed by atoms with E-state index in [1.807, 2.05) is 0 Å². The molecule has 11 heteroatoms. The van der Waals surface area contributed by atoms with E-state index in [-0.39, 0.29) is 17.1 Å². The van der Waals surface area contributed by atoms with Gasteiger partial charge in [-0.25, -0.2) is 14.8 Å². The summed E-state index contributed by atoms with van der Waals surface area (Å²) in [7, 11) is 3.06. The Balaban J connectivity index is 1.84. The van der Waals surface area contributed by atoms with E-state index in [9.17, 15) is 18.0 Å². The van der Waals surface area contributed by atoms with Crippen molar-refractivity contribution < 1.29 is 17.9 Å². The average molecular weight is 466 g/mol. The van der Waals surface area contributed by atoms with Crippen molar-refractivity contribution in [2.75, 3.05) is 12.8 Å². The molecule has 0 saturated carbocycles. The lowest BCUT2D eigenvalue weighted by molar-refractivity contribution is -0.137. The first-order chi connectivity index (χ1) is 16.2. The first-order valence-electron chi connectivity index (χ1n) is 10.0. The van der Waals surface area contributed by atoms with E-state index in [0.29, 0.717) is 33.2 Å². The quantitative estimate of drug-likeness (QED) is 0.432. The molecule has 0 fully saturated rings. The SMILES string of the molecule is COc1ncccc1-n1c(=O)n(C)c2cnc3ccc(-c4cnc(N)c(C(F)(F)F)c4)cc3c21. The highest BCUT2D eigenvalue weighted by Gasteiger charge is 2.34. The summed E-state index contributed by atoms with van der Waals surface area (Å²) in [4.78, 5) is 25.6. The number of nitrogens with two attached hydrogens (primary N) is 1. The molecular weight excluding hydrogens is 449 g/mol. The van der Waals surface area contributed by atoms with E-state index in [0.717, 1.165) is 6.07 Å². The van der Waals surface area contributed by atoms with Crippen molar-refractivity contribution in [1.82, 2.24) is 24.1 Å². The molecule has 1 aromatic carbocycles. The largest absolute Gasteiger partial charge is 0.479 e. The van der Waals surface area contributed by atoms with E-state index >= 15 is 0 Å². The number of methoxy groups -OCH3 is 1. The van der Waals surface area contributed by atoms with Crippen LogP contribution in [0.1, 0.15) is 5.56 Å². The molecule has 0 unspecified atom stereocenters.